The van der Waals surface area contributed by atoms with Gasteiger partial charge < -0.3 is 10.1 Å². The third-order valence-electron chi connectivity index (χ3n) is 4.10. The van der Waals surface area contributed by atoms with Gasteiger partial charge in [-0.2, -0.15) is 4.31 Å². The molecule has 2 aromatic rings. The molecule has 1 saturated heterocycles. The number of nitrogens with one attached hydrogen (secondary N) is 1. The molecule has 1 fully saturated rings. The Morgan fingerprint density at radius 3 is 2.41 bits per heavy atom. The Bertz CT molecular complexity index is 887. The Labute approximate surface area is 177 Å². The van der Waals surface area contributed by atoms with Crippen LogP contribution in [0.15, 0.2) is 34.5 Å². The van der Waals surface area contributed by atoms with Crippen molar-refractivity contribution >= 4 is 32.4 Å². The van der Waals surface area contributed by atoms with E-state index in [0.29, 0.717) is 43.5 Å². The van der Waals surface area contributed by atoms with Gasteiger partial charge >= 0.3 is 0 Å². The van der Waals surface area contributed by atoms with Crippen LogP contribution >= 0.6 is 11.3 Å². The topological polar surface area (TPSA) is 88.6 Å². The number of hydrogen-bond donors (Lipinski definition) is 1. The van der Waals surface area contributed by atoms with Crippen LogP contribution in [-0.2, 0) is 19.6 Å². The molecule has 0 spiro atoms. The van der Waals surface area contributed by atoms with Gasteiger partial charge in [-0.25, -0.2) is 13.4 Å². The SMILES string of the molecule is CC.CC(C)CC(=O)Nc1nc(-c2ccc(S(=O)(=O)N3CCOCC3)cc2)cs1. The maximum atomic E-state index is 12.7. The van der Waals surface area contributed by atoms with Gasteiger partial charge in [0, 0.05) is 30.5 Å². The molecule has 1 aromatic heterocycles. The second-order valence-corrected chi connectivity index (χ2v) is 9.52. The van der Waals surface area contributed by atoms with E-state index in [0.717, 1.165) is 5.56 Å². The predicted octanol–water partition coefficient (Wildman–Crippen LogP) is 3.84. The predicted molar refractivity (Wildman–Crippen MR) is 117 cm³/mol. The Morgan fingerprint density at radius 1 is 1.21 bits per heavy atom. The van der Waals surface area contributed by atoms with Crippen LogP contribution in [0.25, 0.3) is 11.3 Å². The van der Waals surface area contributed by atoms with E-state index in [2.05, 4.69) is 10.3 Å². The fraction of sp³-hybridized carbons (Fsp3) is 0.500. The molecule has 1 amide bonds. The minimum atomic E-state index is -3.50. The standard InChI is InChI=1S/C18H23N3O4S2.C2H6/c1-13(2)11-17(22)20-18-19-16(12-26-18)14-3-5-15(6-4-14)27(23,24)21-7-9-25-10-8-21;1-2/h3-6,12-13H,7-11H2,1-2H3,(H,19,20,22);1-2H3. The van der Waals surface area contributed by atoms with Crippen LogP contribution in [0, 0.1) is 5.92 Å². The summed E-state index contributed by atoms with van der Waals surface area (Å²) >= 11 is 1.35. The number of nitrogens with zero attached hydrogens (tertiary/aromatic N) is 2. The first-order valence-corrected chi connectivity index (χ1v) is 12.1. The van der Waals surface area contributed by atoms with Crippen molar-refractivity contribution in [3.63, 3.8) is 0 Å². The number of rotatable bonds is 6. The van der Waals surface area contributed by atoms with Gasteiger partial charge in [-0.05, 0) is 18.1 Å². The molecule has 9 heteroatoms. The molecule has 0 bridgehead atoms. The first-order chi connectivity index (χ1) is 13.9. The maximum Gasteiger partial charge on any atom is 0.243 e. The van der Waals surface area contributed by atoms with Gasteiger partial charge in [0.15, 0.2) is 5.13 Å². The Kier molecular flexibility index (Phi) is 8.76. The molecule has 0 radical (unpaired) electrons. The van der Waals surface area contributed by atoms with Crippen molar-refractivity contribution in [1.82, 2.24) is 9.29 Å². The lowest BCUT2D eigenvalue weighted by atomic mass is 10.1. The zero-order valence-corrected chi connectivity index (χ0v) is 19.0. The molecule has 1 N–H and O–H groups in total. The fourth-order valence-corrected chi connectivity index (χ4v) is 4.88. The van der Waals surface area contributed by atoms with Crippen molar-refractivity contribution in [2.24, 2.45) is 5.92 Å². The number of thiazole rings is 1. The number of amides is 1. The highest BCUT2D eigenvalue weighted by atomic mass is 32.2. The van der Waals surface area contributed by atoms with Gasteiger partial charge in [-0.3, -0.25) is 4.79 Å². The first kappa shape index (κ1) is 23.5. The highest BCUT2D eigenvalue weighted by Crippen LogP contribution is 2.27. The zero-order chi connectivity index (χ0) is 21.4. The van der Waals surface area contributed by atoms with E-state index in [9.17, 15) is 13.2 Å². The highest BCUT2D eigenvalue weighted by molar-refractivity contribution is 7.89. The number of benzene rings is 1. The maximum absolute atomic E-state index is 12.7. The summed E-state index contributed by atoms with van der Waals surface area (Å²) in [6.45, 7) is 9.55. The number of anilines is 1. The average molecular weight is 440 g/mol. The summed E-state index contributed by atoms with van der Waals surface area (Å²) in [5, 5.41) is 5.18. The summed E-state index contributed by atoms with van der Waals surface area (Å²) < 4.78 is 32.0. The number of sulfonamides is 1. The van der Waals surface area contributed by atoms with Gasteiger partial charge in [0.05, 0.1) is 23.8 Å². The van der Waals surface area contributed by atoms with Crippen LogP contribution in [0.4, 0.5) is 5.13 Å². The van der Waals surface area contributed by atoms with Crippen LogP contribution in [0.2, 0.25) is 0 Å². The van der Waals surface area contributed by atoms with E-state index in [1.54, 1.807) is 24.3 Å². The number of ether oxygens (including phenoxy) is 1. The van der Waals surface area contributed by atoms with Crippen molar-refractivity contribution in [3.8, 4) is 11.3 Å². The largest absolute Gasteiger partial charge is 0.379 e. The van der Waals surface area contributed by atoms with Crippen molar-refractivity contribution in [1.29, 1.82) is 0 Å². The van der Waals surface area contributed by atoms with Gasteiger partial charge in [-0.1, -0.05) is 39.8 Å². The molecule has 160 valence electrons. The number of carbonyl (C=O) groups excluding carboxylic acids is 1. The second kappa shape index (κ2) is 10.8. The molecular weight excluding hydrogens is 410 g/mol. The van der Waals surface area contributed by atoms with Gasteiger partial charge in [0.25, 0.3) is 0 Å². The van der Waals surface area contributed by atoms with Crippen molar-refractivity contribution in [3.05, 3.63) is 29.6 Å². The number of morpholine rings is 1. The van der Waals surface area contributed by atoms with E-state index in [4.69, 9.17) is 4.74 Å². The Morgan fingerprint density at radius 2 is 1.83 bits per heavy atom. The van der Waals surface area contributed by atoms with E-state index >= 15 is 0 Å². The molecule has 1 aliphatic rings. The van der Waals surface area contributed by atoms with Gasteiger partial charge in [-0.15, -0.1) is 11.3 Å². The third-order valence-corrected chi connectivity index (χ3v) is 6.77. The lowest BCUT2D eigenvalue weighted by Gasteiger charge is -2.26. The fourth-order valence-electron chi connectivity index (χ4n) is 2.74. The molecule has 0 unspecified atom stereocenters. The molecule has 1 aliphatic heterocycles. The normalized spacial score (nSPS) is 14.9. The molecule has 2 heterocycles. The highest BCUT2D eigenvalue weighted by Gasteiger charge is 2.26. The van der Waals surface area contributed by atoms with Crippen molar-refractivity contribution in [2.45, 2.75) is 39.0 Å². The summed E-state index contributed by atoms with van der Waals surface area (Å²) in [4.78, 5) is 16.5. The molecule has 1 aromatic carbocycles. The van der Waals surface area contributed by atoms with E-state index in [1.165, 1.54) is 15.6 Å². The Balaban J connectivity index is 0.00000145. The first-order valence-electron chi connectivity index (χ1n) is 9.80. The molecule has 0 saturated carbocycles. The van der Waals surface area contributed by atoms with Crippen LogP contribution in [0.1, 0.15) is 34.1 Å². The lowest BCUT2D eigenvalue weighted by molar-refractivity contribution is -0.116. The van der Waals surface area contributed by atoms with E-state index in [1.807, 2.05) is 33.1 Å². The zero-order valence-electron chi connectivity index (χ0n) is 17.3. The number of aromatic nitrogens is 1. The number of carbonyl (C=O) groups is 1. The van der Waals surface area contributed by atoms with Crippen LogP contribution in [0.3, 0.4) is 0 Å². The quantitative estimate of drug-likeness (QED) is 0.739. The third kappa shape index (κ3) is 6.33. The van der Waals surface area contributed by atoms with Crippen LogP contribution in [0.5, 0.6) is 0 Å². The summed E-state index contributed by atoms with van der Waals surface area (Å²) in [5.41, 5.74) is 1.51. The molecule has 3 rings (SSSR count). The van der Waals surface area contributed by atoms with Crippen molar-refractivity contribution in [2.75, 3.05) is 31.6 Å². The molecule has 0 atom stereocenters. The minimum absolute atomic E-state index is 0.0575. The lowest BCUT2D eigenvalue weighted by Crippen LogP contribution is -2.40. The number of hydrogen-bond acceptors (Lipinski definition) is 6. The van der Waals surface area contributed by atoms with Gasteiger partial charge in [0.1, 0.15) is 0 Å². The van der Waals surface area contributed by atoms with E-state index < -0.39 is 10.0 Å². The van der Waals surface area contributed by atoms with E-state index in [-0.39, 0.29) is 16.7 Å². The minimum Gasteiger partial charge on any atom is -0.379 e. The smallest absolute Gasteiger partial charge is 0.243 e. The molecule has 29 heavy (non-hydrogen) atoms. The van der Waals surface area contributed by atoms with Crippen LogP contribution < -0.4 is 5.32 Å². The summed E-state index contributed by atoms with van der Waals surface area (Å²) in [6, 6.07) is 6.66. The second-order valence-electron chi connectivity index (χ2n) is 6.72. The van der Waals surface area contributed by atoms with Crippen molar-refractivity contribution < 1.29 is 17.9 Å². The molecule has 0 aliphatic carbocycles. The summed E-state index contributed by atoms with van der Waals surface area (Å²) in [7, 11) is -3.50. The monoisotopic (exact) mass is 439 g/mol. The Hall–Kier alpha value is -1.81. The average Bonchev–Trinajstić information content (AvgIpc) is 3.18. The summed E-state index contributed by atoms with van der Waals surface area (Å²) in [6.07, 6.45) is 0.447. The van der Waals surface area contributed by atoms with Gasteiger partial charge in [0.2, 0.25) is 15.9 Å². The van der Waals surface area contributed by atoms with Crippen LogP contribution in [-0.4, -0.2) is 49.9 Å². The molecular formula is C20H29N3O4S2. The summed E-state index contributed by atoms with van der Waals surface area (Å²) in [5.74, 6) is 0.225. The molecule has 7 nitrogen and oxygen atoms in total.